The van der Waals surface area contributed by atoms with E-state index in [1.165, 1.54) is 0 Å². The van der Waals surface area contributed by atoms with Crippen molar-refractivity contribution >= 4 is 17.9 Å². The quantitative estimate of drug-likeness (QED) is 0.750. The standard InChI is InChI=1S/C17H13N3O2/c21-17(22)14-3-1-13(2-4-14)11-19-15-5-7-16(8-6-15)20-10-9-18-12-20/h1-12H,(H,21,22). The maximum atomic E-state index is 10.8. The number of aromatic carboxylic acids is 1. The molecule has 0 aliphatic heterocycles. The summed E-state index contributed by atoms with van der Waals surface area (Å²) in [7, 11) is 0. The molecule has 0 fully saturated rings. The van der Waals surface area contributed by atoms with E-state index in [2.05, 4.69) is 9.98 Å². The molecule has 1 N–H and O–H groups in total. The van der Waals surface area contributed by atoms with Crippen LogP contribution in [0.2, 0.25) is 0 Å². The summed E-state index contributed by atoms with van der Waals surface area (Å²) in [5.41, 5.74) is 2.96. The van der Waals surface area contributed by atoms with Gasteiger partial charge in [0.2, 0.25) is 0 Å². The van der Waals surface area contributed by atoms with Gasteiger partial charge < -0.3 is 9.67 Å². The molecule has 22 heavy (non-hydrogen) atoms. The Morgan fingerprint density at radius 2 is 1.82 bits per heavy atom. The first-order valence-electron chi connectivity index (χ1n) is 6.68. The normalized spacial score (nSPS) is 10.9. The van der Waals surface area contributed by atoms with Crippen molar-refractivity contribution in [3.63, 3.8) is 0 Å². The third-order valence-electron chi connectivity index (χ3n) is 3.17. The minimum absolute atomic E-state index is 0.266. The summed E-state index contributed by atoms with van der Waals surface area (Å²) in [5.74, 6) is -0.932. The Hall–Kier alpha value is -3.21. The van der Waals surface area contributed by atoms with Crippen molar-refractivity contribution in [2.24, 2.45) is 4.99 Å². The third-order valence-corrected chi connectivity index (χ3v) is 3.17. The summed E-state index contributed by atoms with van der Waals surface area (Å²) in [6.45, 7) is 0. The zero-order valence-corrected chi connectivity index (χ0v) is 11.6. The summed E-state index contributed by atoms with van der Waals surface area (Å²) in [6, 6.07) is 14.3. The number of hydrogen-bond donors (Lipinski definition) is 1. The predicted octanol–water partition coefficient (Wildman–Crippen LogP) is 3.32. The largest absolute Gasteiger partial charge is 0.478 e. The fourth-order valence-corrected chi connectivity index (χ4v) is 1.98. The number of aromatic nitrogens is 2. The van der Waals surface area contributed by atoms with Gasteiger partial charge in [0.05, 0.1) is 17.6 Å². The second-order valence-corrected chi connectivity index (χ2v) is 4.67. The monoisotopic (exact) mass is 291 g/mol. The van der Waals surface area contributed by atoms with Gasteiger partial charge in [-0.05, 0) is 42.0 Å². The van der Waals surface area contributed by atoms with Crippen LogP contribution >= 0.6 is 0 Å². The Balaban J connectivity index is 1.73. The van der Waals surface area contributed by atoms with E-state index in [9.17, 15) is 4.79 Å². The van der Waals surface area contributed by atoms with Gasteiger partial charge >= 0.3 is 5.97 Å². The van der Waals surface area contributed by atoms with Crippen LogP contribution in [-0.4, -0.2) is 26.8 Å². The minimum Gasteiger partial charge on any atom is -0.478 e. The van der Waals surface area contributed by atoms with Gasteiger partial charge in [-0.15, -0.1) is 0 Å². The van der Waals surface area contributed by atoms with E-state index in [-0.39, 0.29) is 5.56 Å². The van der Waals surface area contributed by atoms with Gasteiger partial charge in [-0.25, -0.2) is 9.78 Å². The molecule has 0 radical (unpaired) electrons. The summed E-state index contributed by atoms with van der Waals surface area (Å²) in [6.07, 6.45) is 7.05. The molecule has 1 aromatic heterocycles. The minimum atomic E-state index is -0.932. The molecule has 108 valence electrons. The topological polar surface area (TPSA) is 67.5 Å². The summed E-state index contributed by atoms with van der Waals surface area (Å²) >= 11 is 0. The maximum absolute atomic E-state index is 10.8. The highest BCUT2D eigenvalue weighted by Gasteiger charge is 2.00. The highest BCUT2D eigenvalue weighted by Crippen LogP contribution is 2.16. The number of carbonyl (C=O) groups is 1. The Bertz CT molecular complexity index is 789. The van der Waals surface area contributed by atoms with Crippen molar-refractivity contribution in [2.45, 2.75) is 0 Å². The number of hydrogen-bond acceptors (Lipinski definition) is 3. The summed E-state index contributed by atoms with van der Waals surface area (Å²) in [4.78, 5) is 19.2. The fraction of sp³-hybridized carbons (Fsp3) is 0. The molecule has 0 bridgehead atoms. The van der Waals surface area contributed by atoms with Gasteiger partial charge in [-0.3, -0.25) is 4.99 Å². The van der Waals surface area contributed by atoms with Crippen LogP contribution in [0.15, 0.2) is 72.2 Å². The Morgan fingerprint density at radius 1 is 1.09 bits per heavy atom. The molecule has 2 aromatic carbocycles. The van der Waals surface area contributed by atoms with Crippen LogP contribution in [0.1, 0.15) is 15.9 Å². The molecular formula is C17H13N3O2. The van der Waals surface area contributed by atoms with Gasteiger partial charge in [0.1, 0.15) is 0 Å². The number of nitrogens with zero attached hydrogens (tertiary/aromatic N) is 3. The van der Waals surface area contributed by atoms with E-state index in [0.29, 0.717) is 0 Å². The Labute approximate surface area is 127 Å². The highest BCUT2D eigenvalue weighted by atomic mass is 16.4. The van der Waals surface area contributed by atoms with Gasteiger partial charge in [0.25, 0.3) is 0 Å². The number of carboxylic acids is 1. The van der Waals surface area contributed by atoms with Crippen molar-refractivity contribution in [2.75, 3.05) is 0 Å². The van der Waals surface area contributed by atoms with Crippen LogP contribution in [0.5, 0.6) is 0 Å². The molecule has 0 aliphatic carbocycles. The fourth-order valence-electron chi connectivity index (χ4n) is 1.98. The molecule has 0 spiro atoms. The summed E-state index contributed by atoms with van der Waals surface area (Å²) < 4.78 is 1.91. The molecular weight excluding hydrogens is 278 g/mol. The third kappa shape index (κ3) is 3.09. The molecule has 1 heterocycles. The number of benzene rings is 2. The van der Waals surface area contributed by atoms with Crippen LogP contribution in [0.4, 0.5) is 5.69 Å². The van der Waals surface area contributed by atoms with Gasteiger partial charge in [0, 0.05) is 24.3 Å². The van der Waals surface area contributed by atoms with E-state index in [1.807, 2.05) is 35.0 Å². The first-order valence-corrected chi connectivity index (χ1v) is 6.68. The molecule has 0 unspecified atom stereocenters. The van der Waals surface area contributed by atoms with Crippen LogP contribution in [0.3, 0.4) is 0 Å². The second kappa shape index (κ2) is 6.05. The average molecular weight is 291 g/mol. The molecule has 0 amide bonds. The van der Waals surface area contributed by atoms with Crippen LogP contribution in [-0.2, 0) is 0 Å². The van der Waals surface area contributed by atoms with Crippen molar-refractivity contribution in [3.05, 3.63) is 78.4 Å². The smallest absolute Gasteiger partial charge is 0.335 e. The number of aliphatic imine (C=N–C) groups is 1. The number of rotatable bonds is 4. The van der Waals surface area contributed by atoms with Crippen molar-refractivity contribution in [1.82, 2.24) is 9.55 Å². The zero-order chi connectivity index (χ0) is 15.4. The molecule has 0 aliphatic rings. The highest BCUT2D eigenvalue weighted by molar-refractivity contribution is 5.89. The van der Waals surface area contributed by atoms with E-state index >= 15 is 0 Å². The lowest BCUT2D eigenvalue weighted by molar-refractivity contribution is 0.0697. The number of carboxylic acid groups (broad SMARTS) is 1. The van der Waals surface area contributed by atoms with Crippen LogP contribution in [0, 0.1) is 0 Å². The van der Waals surface area contributed by atoms with Crippen molar-refractivity contribution in [1.29, 1.82) is 0 Å². The zero-order valence-electron chi connectivity index (χ0n) is 11.6. The average Bonchev–Trinajstić information content (AvgIpc) is 3.08. The Morgan fingerprint density at radius 3 is 2.41 bits per heavy atom. The van der Waals surface area contributed by atoms with E-state index < -0.39 is 5.97 Å². The number of imidazole rings is 1. The molecule has 0 saturated carbocycles. The van der Waals surface area contributed by atoms with Gasteiger partial charge in [0.15, 0.2) is 0 Å². The van der Waals surface area contributed by atoms with Crippen LogP contribution < -0.4 is 0 Å². The van der Waals surface area contributed by atoms with Crippen LogP contribution in [0.25, 0.3) is 5.69 Å². The van der Waals surface area contributed by atoms with Gasteiger partial charge in [-0.1, -0.05) is 12.1 Å². The van der Waals surface area contributed by atoms with Crippen molar-refractivity contribution < 1.29 is 9.90 Å². The van der Waals surface area contributed by atoms with E-state index in [0.717, 1.165) is 16.9 Å². The molecule has 0 atom stereocenters. The maximum Gasteiger partial charge on any atom is 0.335 e. The first kappa shape index (κ1) is 13.8. The lowest BCUT2D eigenvalue weighted by Gasteiger charge is -2.01. The van der Waals surface area contributed by atoms with Crippen molar-refractivity contribution in [3.8, 4) is 5.69 Å². The second-order valence-electron chi connectivity index (χ2n) is 4.67. The van der Waals surface area contributed by atoms with E-state index in [1.54, 1.807) is 43.0 Å². The van der Waals surface area contributed by atoms with E-state index in [4.69, 9.17) is 5.11 Å². The molecule has 3 rings (SSSR count). The molecule has 3 aromatic rings. The Kier molecular flexibility index (Phi) is 3.78. The lowest BCUT2D eigenvalue weighted by Crippen LogP contribution is -1.95. The van der Waals surface area contributed by atoms with Gasteiger partial charge in [-0.2, -0.15) is 0 Å². The molecule has 5 nitrogen and oxygen atoms in total. The predicted molar refractivity (Wildman–Crippen MR) is 84.2 cm³/mol. The lowest BCUT2D eigenvalue weighted by atomic mass is 10.1. The SMILES string of the molecule is O=C(O)c1ccc(C=Nc2ccc(-n3ccnc3)cc2)cc1. The molecule has 0 saturated heterocycles. The first-order chi connectivity index (χ1) is 10.7. The summed E-state index contributed by atoms with van der Waals surface area (Å²) in [5, 5.41) is 8.85. The molecule has 5 heteroatoms.